The summed E-state index contributed by atoms with van der Waals surface area (Å²) in [6.07, 6.45) is 21.3. The molecule has 1 fully saturated rings. The fourth-order valence-electron chi connectivity index (χ4n) is 3.53. The second-order valence-corrected chi connectivity index (χ2v) is 9.88. The molecule has 0 radical (unpaired) electrons. The molecular formula is C36H62FN3O5. The highest BCUT2D eigenvalue weighted by atomic mass is 19.1. The maximum Gasteiger partial charge on any atom is 0.302 e. The van der Waals surface area contributed by atoms with Crippen LogP contribution in [0.4, 0.5) is 4.39 Å². The molecule has 9 heteroatoms. The summed E-state index contributed by atoms with van der Waals surface area (Å²) < 4.78 is 22.5. The molecule has 0 saturated carbocycles. The summed E-state index contributed by atoms with van der Waals surface area (Å²) in [6.45, 7) is 14.7. The van der Waals surface area contributed by atoms with Gasteiger partial charge in [-0.15, -0.1) is 12.3 Å². The number of amides is 2. The van der Waals surface area contributed by atoms with Crippen LogP contribution >= 0.6 is 0 Å². The zero-order valence-corrected chi connectivity index (χ0v) is 29.6. The number of ether oxygens (including phenoxy) is 2. The van der Waals surface area contributed by atoms with Gasteiger partial charge in [0.15, 0.2) is 0 Å². The van der Waals surface area contributed by atoms with Crippen molar-refractivity contribution >= 4 is 17.8 Å². The number of carbonyl (C=O) groups excluding carboxylic acids is 3. The van der Waals surface area contributed by atoms with Gasteiger partial charge in [0.05, 0.1) is 18.8 Å². The van der Waals surface area contributed by atoms with E-state index >= 15 is 0 Å². The number of nitrogens with zero attached hydrogens (tertiary/aromatic N) is 2. The van der Waals surface area contributed by atoms with E-state index in [1.165, 1.54) is 33.6 Å². The predicted octanol–water partition coefficient (Wildman–Crippen LogP) is 7.99. The van der Waals surface area contributed by atoms with Crippen LogP contribution in [0, 0.1) is 29.6 Å². The van der Waals surface area contributed by atoms with E-state index in [4.69, 9.17) is 15.7 Å². The van der Waals surface area contributed by atoms with E-state index in [2.05, 4.69) is 43.1 Å². The molecule has 0 spiro atoms. The van der Waals surface area contributed by atoms with E-state index in [-0.39, 0.29) is 23.4 Å². The second kappa shape index (κ2) is 36.8. The molecule has 1 saturated heterocycles. The molecule has 45 heavy (non-hydrogen) atoms. The van der Waals surface area contributed by atoms with E-state index in [0.29, 0.717) is 25.2 Å². The standard InChI is InChI=1S/C16H23FN2O.C12H23NO2.C3H6O2.C3H4.C2H6/c1-2-14(13-18)15(17)9-5-3-7-11-19-12-8-4-6-10-16(19)20;1-4-10(2)8-6-5-7-9-11(15-3)12(13)14;1-3(4)5-2;1-3-2;1-2/h5,9H,2-4,6-8,10-12H2,1H3;6,8,10-11H,4-5,7,9H2,1-3H3,(H2,13,14);1-2H3;1H,2H3;1-2H3/b9-5-,15-14-;8-6+;;;. The van der Waals surface area contributed by atoms with E-state index in [1.54, 1.807) is 19.9 Å². The maximum atomic E-state index is 13.5. The minimum Gasteiger partial charge on any atom is -0.469 e. The maximum absolute atomic E-state index is 13.5. The van der Waals surface area contributed by atoms with Crippen molar-refractivity contribution in [1.82, 2.24) is 4.90 Å². The average Bonchev–Trinajstić information content (AvgIpc) is 3.24. The molecule has 0 aromatic rings. The molecule has 2 atom stereocenters. The van der Waals surface area contributed by atoms with E-state index in [1.807, 2.05) is 24.8 Å². The Kier molecular flexibility index (Phi) is 39.6. The first-order valence-corrected chi connectivity index (χ1v) is 16.1. The number of likely N-dealkylation sites (tertiary alicyclic amines) is 1. The van der Waals surface area contributed by atoms with Gasteiger partial charge in [-0.05, 0) is 70.3 Å². The van der Waals surface area contributed by atoms with Crippen molar-refractivity contribution in [3.05, 3.63) is 35.7 Å². The molecule has 2 amide bonds. The Balaban J connectivity index is -0.000000295. The first kappa shape index (κ1) is 48.5. The van der Waals surface area contributed by atoms with Crippen LogP contribution < -0.4 is 5.73 Å². The topological polar surface area (TPSA) is 123 Å². The summed E-state index contributed by atoms with van der Waals surface area (Å²) in [6, 6.07) is 1.86. The lowest BCUT2D eigenvalue weighted by Crippen LogP contribution is -2.31. The summed E-state index contributed by atoms with van der Waals surface area (Å²) in [4.78, 5) is 34.1. The van der Waals surface area contributed by atoms with Gasteiger partial charge in [-0.1, -0.05) is 65.7 Å². The monoisotopic (exact) mass is 635 g/mol. The third-order valence-electron chi connectivity index (χ3n) is 6.35. The second-order valence-electron chi connectivity index (χ2n) is 9.88. The minimum atomic E-state index is -0.444. The molecule has 0 aromatic carbocycles. The van der Waals surface area contributed by atoms with Crippen molar-refractivity contribution in [3.63, 3.8) is 0 Å². The summed E-state index contributed by atoms with van der Waals surface area (Å²) in [7, 11) is 2.87. The smallest absolute Gasteiger partial charge is 0.302 e. The molecule has 0 bridgehead atoms. The molecule has 1 aliphatic rings. The van der Waals surface area contributed by atoms with Crippen LogP contribution in [0.15, 0.2) is 35.7 Å². The van der Waals surface area contributed by atoms with Gasteiger partial charge in [-0.2, -0.15) is 5.26 Å². The van der Waals surface area contributed by atoms with E-state index in [0.717, 1.165) is 58.0 Å². The zero-order chi connectivity index (χ0) is 35.5. The lowest BCUT2D eigenvalue weighted by atomic mass is 10.1. The highest BCUT2D eigenvalue weighted by molar-refractivity contribution is 5.78. The number of methoxy groups -OCH3 is 2. The number of hydrogen-bond donors (Lipinski definition) is 1. The Labute approximate surface area is 274 Å². The summed E-state index contributed by atoms with van der Waals surface area (Å²) in [5, 5.41) is 8.70. The normalized spacial score (nSPS) is 14.1. The number of nitrogens with two attached hydrogens (primary N) is 1. The number of carbonyl (C=O) groups is 3. The summed E-state index contributed by atoms with van der Waals surface area (Å²) >= 11 is 0. The van der Waals surface area contributed by atoms with Crippen molar-refractivity contribution in [1.29, 1.82) is 5.26 Å². The molecule has 2 unspecified atom stereocenters. The van der Waals surface area contributed by atoms with Crippen molar-refractivity contribution < 1.29 is 28.2 Å². The zero-order valence-electron chi connectivity index (χ0n) is 29.6. The lowest BCUT2D eigenvalue weighted by molar-refractivity contribution is -0.138. The van der Waals surface area contributed by atoms with Gasteiger partial charge in [-0.25, -0.2) is 4.39 Å². The number of esters is 1. The predicted molar refractivity (Wildman–Crippen MR) is 183 cm³/mol. The van der Waals surface area contributed by atoms with Crippen LogP contribution in [0.25, 0.3) is 0 Å². The van der Waals surface area contributed by atoms with Crippen molar-refractivity contribution in [2.45, 2.75) is 125 Å². The molecule has 1 heterocycles. The Morgan fingerprint density at radius 1 is 1.13 bits per heavy atom. The van der Waals surface area contributed by atoms with Crippen LogP contribution in [0.1, 0.15) is 119 Å². The highest BCUT2D eigenvalue weighted by Crippen LogP contribution is 2.13. The van der Waals surface area contributed by atoms with Crippen LogP contribution in [0.5, 0.6) is 0 Å². The van der Waals surface area contributed by atoms with E-state index in [9.17, 15) is 18.8 Å². The number of terminal acetylenes is 1. The molecule has 8 nitrogen and oxygen atoms in total. The van der Waals surface area contributed by atoms with Gasteiger partial charge in [0.25, 0.3) is 0 Å². The fourth-order valence-corrected chi connectivity index (χ4v) is 3.53. The number of hydrogen-bond acceptors (Lipinski definition) is 6. The minimum absolute atomic E-state index is 0.184. The highest BCUT2D eigenvalue weighted by Gasteiger charge is 2.15. The number of primary amides is 1. The Bertz CT molecular complexity index is 932. The third-order valence-corrected chi connectivity index (χ3v) is 6.35. The molecule has 1 aliphatic heterocycles. The number of nitriles is 1. The average molecular weight is 636 g/mol. The molecule has 2 N–H and O–H groups in total. The Hall–Kier alpha value is -3.43. The van der Waals surface area contributed by atoms with Crippen LogP contribution in [-0.4, -0.2) is 56.1 Å². The lowest BCUT2D eigenvalue weighted by Gasteiger charge is -2.19. The van der Waals surface area contributed by atoms with Crippen molar-refractivity contribution in [3.8, 4) is 18.4 Å². The van der Waals surface area contributed by atoms with Crippen LogP contribution in [0.3, 0.4) is 0 Å². The van der Waals surface area contributed by atoms with Gasteiger partial charge >= 0.3 is 5.97 Å². The molecule has 0 aromatic heterocycles. The van der Waals surface area contributed by atoms with Crippen LogP contribution in [0.2, 0.25) is 0 Å². The first-order chi connectivity index (χ1) is 21.5. The summed E-state index contributed by atoms with van der Waals surface area (Å²) in [5.74, 6) is 2.07. The van der Waals surface area contributed by atoms with Crippen LogP contribution in [-0.2, 0) is 23.9 Å². The molecule has 258 valence electrons. The molecule has 1 rings (SSSR count). The van der Waals surface area contributed by atoms with Gasteiger partial charge in [0.1, 0.15) is 11.9 Å². The SMILES string of the molecule is C#CC.CC.CC/C(C#N)=C(F)\C=C/CCCN1CCCCCC1=O.CCC(C)/C=C/CCCC(OC)C(N)=O.COC(C)=O. The quantitative estimate of drug-likeness (QED) is 0.0515. The number of allylic oxidation sites excluding steroid dienone is 6. The number of rotatable bonds is 14. The fraction of sp³-hybridized carbons (Fsp3) is 0.667. The van der Waals surface area contributed by atoms with E-state index < -0.39 is 11.9 Å². The van der Waals surface area contributed by atoms with Gasteiger partial charge in [0.2, 0.25) is 11.8 Å². The van der Waals surface area contributed by atoms with Gasteiger partial charge in [-0.3, -0.25) is 14.4 Å². The Morgan fingerprint density at radius 2 is 1.71 bits per heavy atom. The first-order valence-electron chi connectivity index (χ1n) is 16.1. The molecule has 0 aliphatic carbocycles. The van der Waals surface area contributed by atoms with Gasteiger partial charge in [0, 0.05) is 33.5 Å². The Morgan fingerprint density at radius 3 is 2.18 bits per heavy atom. The van der Waals surface area contributed by atoms with Crippen molar-refractivity contribution in [2.75, 3.05) is 27.3 Å². The number of halogens is 1. The number of unbranched alkanes of at least 4 members (excludes halogenated alkanes) is 2. The largest absolute Gasteiger partial charge is 0.469 e. The van der Waals surface area contributed by atoms with Crippen molar-refractivity contribution in [2.24, 2.45) is 11.7 Å². The van der Waals surface area contributed by atoms with Gasteiger partial charge < -0.3 is 20.1 Å². The molecular weight excluding hydrogens is 573 g/mol. The summed E-state index contributed by atoms with van der Waals surface area (Å²) in [5.41, 5.74) is 5.33. The third kappa shape index (κ3) is 33.3.